The zero-order valence-electron chi connectivity index (χ0n) is 16.9. The number of benzene rings is 2. The fourth-order valence-corrected chi connectivity index (χ4v) is 3.33. The van der Waals surface area contributed by atoms with Gasteiger partial charge < -0.3 is 15.4 Å². The molecule has 0 bridgehead atoms. The maximum atomic E-state index is 13.6. The van der Waals surface area contributed by atoms with Gasteiger partial charge in [0, 0.05) is 18.7 Å². The Bertz CT molecular complexity index is 932. The molecule has 2 atom stereocenters. The molecule has 1 fully saturated rings. The number of cyclic esters (lactones) is 1. The number of carbonyl (C=O) groups excluding carboxylic acids is 3. The zero-order chi connectivity index (χ0) is 21.7. The average Bonchev–Trinajstić information content (AvgIpc) is 3.05. The molecule has 2 unspecified atom stereocenters. The number of carbonyl (C=O) groups is 3. The molecule has 158 valence electrons. The highest BCUT2D eigenvalue weighted by Gasteiger charge is 2.46. The molecule has 0 spiro atoms. The number of rotatable bonds is 7. The molecule has 0 aromatic heterocycles. The summed E-state index contributed by atoms with van der Waals surface area (Å²) in [6.07, 6.45) is -1.12. The molecular formula is C22H24FN3O4. The number of hydrogen-bond donors (Lipinski definition) is 2. The summed E-state index contributed by atoms with van der Waals surface area (Å²) >= 11 is 0. The number of nitrogens with one attached hydrogen (secondary N) is 2. The highest BCUT2D eigenvalue weighted by Crippen LogP contribution is 2.34. The fourth-order valence-electron chi connectivity index (χ4n) is 3.33. The quantitative estimate of drug-likeness (QED) is 0.729. The van der Waals surface area contributed by atoms with Crippen LogP contribution in [-0.2, 0) is 20.9 Å². The van der Waals surface area contributed by atoms with Gasteiger partial charge in [-0.1, -0.05) is 31.2 Å². The van der Waals surface area contributed by atoms with Gasteiger partial charge in [0.2, 0.25) is 11.8 Å². The van der Waals surface area contributed by atoms with Crippen LogP contribution in [0.5, 0.6) is 0 Å². The Morgan fingerprint density at radius 3 is 2.50 bits per heavy atom. The van der Waals surface area contributed by atoms with Crippen molar-refractivity contribution >= 4 is 23.6 Å². The number of likely N-dealkylation sites (N-methyl/N-ethyl adjacent to an activating group) is 1. The first-order valence-electron chi connectivity index (χ1n) is 9.82. The third kappa shape index (κ3) is 4.76. The number of nitrogens with zero attached hydrogens (tertiary/aromatic N) is 1. The zero-order valence-corrected chi connectivity index (χ0v) is 16.9. The molecule has 1 heterocycles. The van der Waals surface area contributed by atoms with Crippen molar-refractivity contribution in [3.8, 4) is 0 Å². The SMILES string of the molecule is CCNC(=O)C1C(c2ccc(NC(=O)CC)cc2)OC(=O)N1Cc1cccc(F)c1. The van der Waals surface area contributed by atoms with E-state index in [-0.39, 0.29) is 18.4 Å². The molecule has 1 saturated heterocycles. The summed E-state index contributed by atoms with van der Waals surface area (Å²) in [5.74, 6) is -0.888. The van der Waals surface area contributed by atoms with E-state index < -0.39 is 24.1 Å². The molecule has 1 aliphatic heterocycles. The van der Waals surface area contributed by atoms with E-state index in [9.17, 15) is 18.8 Å². The van der Waals surface area contributed by atoms with Crippen molar-refractivity contribution in [1.82, 2.24) is 10.2 Å². The van der Waals surface area contributed by atoms with E-state index in [2.05, 4.69) is 10.6 Å². The number of amides is 3. The molecule has 2 N–H and O–H groups in total. The molecule has 3 amide bonds. The van der Waals surface area contributed by atoms with Crippen LogP contribution in [0.25, 0.3) is 0 Å². The van der Waals surface area contributed by atoms with Gasteiger partial charge in [-0.05, 0) is 42.3 Å². The van der Waals surface area contributed by atoms with E-state index in [4.69, 9.17) is 4.74 Å². The lowest BCUT2D eigenvalue weighted by Gasteiger charge is -2.24. The van der Waals surface area contributed by atoms with Crippen LogP contribution in [0.4, 0.5) is 14.9 Å². The molecule has 3 rings (SSSR count). The molecular weight excluding hydrogens is 389 g/mol. The summed E-state index contributed by atoms with van der Waals surface area (Å²) in [6.45, 7) is 3.98. The standard InChI is InChI=1S/C22H24FN3O4/c1-3-18(27)25-17-10-8-15(9-11-17)20-19(21(28)24-4-2)26(22(29)30-20)13-14-6-5-7-16(23)12-14/h5-12,19-20H,3-4,13H2,1-2H3,(H,24,28)(H,25,27). The van der Waals surface area contributed by atoms with Gasteiger partial charge in [-0.15, -0.1) is 0 Å². The van der Waals surface area contributed by atoms with E-state index in [1.165, 1.54) is 17.0 Å². The van der Waals surface area contributed by atoms with Crippen LogP contribution in [0.1, 0.15) is 37.5 Å². The average molecular weight is 413 g/mol. The molecule has 1 aliphatic rings. The van der Waals surface area contributed by atoms with Crippen LogP contribution in [0.3, 0.4) is 0 Å². The van der Waals surface area contributed by atoms with Gasteiger partial charge in [-0.3, -0.25) is 14.5 Å². The van der Waals surface area contributed by atoms with E-state index >= 15 is 0 Å². The first-order valence-corrected chi connectivity index (χ1v) is 9.82. The molecule has 8 heteroatoms. The predicted octanol–water partition coefficient (Wildman–Crippen LogP) is 3.37. The van der Waals surface area contributed by atoms with Crippen molar-refractivity contribution in [2.24, 2.45) is 0 Å². The first-order chi connectivity index (χ1) is 14.4. The summed E-state index contributed by atoms with van der Waals surface area (Å²) in [4.78, 5) is 38.2. The summed E-state index contributed by atoms with van der Waals surface area (Å²) in [6, 6.07) is 11.8. The number of halogens is 1. The Labute approximate surface area is 174 Å². The van der Waals surface area contributed by atoms with Crippen LogP contribution < -0.4 is 10.6 Å². The third-order valence-electron chi connectivity index (χ3n) is 4.79. The Morgan fingerprint density at radius 2 is 1.87 bits per heavy atom. The third-order valence-corrected chi connectivity index (χ3v) is 4.79. The number of anilines is 1. The minimum Gasteiger partial charge on any atom is -0.438 e. The second-order valence-electron chi connectivity index (χ2n) is 6.93. The van der Waals surface area contributed by atoms with E-state index in [0.717, 1.165) is 0 Å². The highest BCUT2D eigenvalue weighted by molar-refractivity contribution is 5.91. The van der Waals surface area contributed by atoms with Crippen molar-refractivity contribution in [2.75, 3.05) is 11.9 Å². The number of hydrogen-bond acceptors (Lipinski definition) is 4. The fraction of sp³-hybridized carbons (Fsp3) is 0.318. The topological polar surface area (TPSA) is 87.7 Å². The smallest absolute Gasteiger partial charge is 0.411 e. The normalized spacial score (nSPS) is 18.1. The lowest BCUT2D eigenvalue weighted by molar-refractivity contribution is -0.126. The molecule has 0 saturated carbocycles. The predicted molar refractivity (Wildman–Crippen MR) is 109 cm³/mol. The van der Waals surface area contributed by atoms with Crippen LogP contribution in [-0.4, -0.2) is 35.4 Å². The van der Waals surface area contributed by atoms with Crippen molar-refractivity contribution in [3.05, 3.63) is 65.5 Å². The first kappa shape index (κ1) is 21.3. The largest absolute Gasteiger partial charge is 0.438 e. The minimum atomic E-state index is -0.906. The van der Waals surface area contributed by atoms with E-state index in [1.54, 1.807) is 50.2 Å². The molecule has 2 aromatic rings. The van der Waals surface area contributed by atoms with Gasteiger partial charge >= 0.3 is 6.09 Å². The van der Waals surface area contributed by atoms with Crippen LogP contribution in [0, 0.1) is 5.82 Å². The second kappa shape index (κ2) is 9.39. The molecule has 0 aliphatic carbocycles. The molecule has 2 aromatic carbocycles. The van der Waals surface area contributed by atoms with E-state index in [1.807, 2.05) is 0 Å². The van der Waals surface area contributed by atoms with Crippen molar-refractivity contribution in [2.45, 2.75) is 39.0 Å². The van der Waals surface area contributed by atoms with Gasteiger partial charge in [-0.25, -0.2) is 9.18 Å². The van der Waals surface area contributed by atoms with Crippen molar-refractivity contribution < 1.29 is 23.5 Å². The molecule has 0 radical (unpaired) electrons. The summed E-state index contributed by atoms with van der Waals surface area (Å²) in [5.41, 5.74) is 1.79. The monoisotopic (exact) mass is 413 g/mol. The summed E-state index contributed by atoms with van der Waals surface area (Å²) in [5, 5.41) is 5.48. The summed E-state index contributed by atoms with van der Waals surface area (Å²) < 4.78 is 19.1. The van der Waals surface area contributed by atoms with Crippen molar-refractivity contribution in [1.29, 1.82) is 0 Å². The van der Waals surface area contributed by atoms with Gasteiger partial charge in [0.05, 0.1) is 6.54 Å². The maximum absolute atomic E-state index is 13.6. The minimum absolute atomic E-state index is 0.0412. The lowest BCUT2D eigenvalue weighted by atomic mass is 10.0. The second-order valence-corrected chi connectivity index (χ2v) is 6.93. The van der Waals surface area contributed by atoms with Gasteiger partial charge in [0.1, 0.15) is 5.82 Å². The molecule has 30 heavy (non-hydrogen) atoms. The van der Waals surface area contributed by atoms with Crippen LogP contribution >= 0.6 is 0 Å². The Hall–Kier alpha value is -3.42. The van der Waals surface area contributed by atoms with E-state index in [0.29, 0.717) is 29.8 Å². The van der Waals surface area contributed by atoms with Gasteiger partial charge in [0.25, 0.3) is 0 Å². The Balaban J connectivity index is 1.86. The van der Waals surface area contributed by atoms with Gasteiger partial charge in [0.15, 0.2) is 12.1 Å². The maximum Gasteiger partial charge on any atom is 0.411 e. The van der Waals surface area contributed by atoms with Crippen LogP contribution in [0.15, 0.2) is 48.5 Å². The highest BCUT2D eigenvalue weighted by atomic mass is 19.1. The lowest BCUT2D eigenvalue weighted by Crippen LogP contribution is -2.46. The summed E-state index contributed by atoms with van der Waals surface area (Å²) in [7, 11) is 0. The molecule has 7 nitrogen and oxygen atoms in total. The van der Waals surface area contributed by atoms with Crippen LogP contribution in [0.2, 0.25) is 0 Å². The van der Waals surface area contributed by atoms with Gasteiger partial charge in [-0.2, -0.15) is 0 Å². The Kier molecular flexibility index (Phi) is 6.66. The Morgan fingerprint density at radius 1 is 1.13 bits per heavy atom. The van der Waals surface area contributed by atoms with Crippen molar-refractivity contribution in [3.63, 3.8) is 0 Å². The number of ether oxygens (including phenoxy) is 1.